The predicted octanol–water partition coefficient (Wildman–Crippen LogP) is 5.70. The minimum Gasteiger partial charge on any atom is -0.457 e. The summed E-state index contributed by atoms with van der Waals surface area (Å²) in [4.78, 5) is 30.4. The Labute approximate surface area is 197 Å². The summed E-state index contributed by atoms with van der Waals surface area (Å²) in [5, 5.41) is 3.53. The third-order valence-corrected chi connectivity index (χ3v) is 5.80. The molecule has 6 heteroatoms. The van der Waals surface area contributed by atoms with Crippen molar-refractivity contribution in [2.75, 3.05) is 11.9 Å². The van der Waals surface area contributed by atoms with Gasteiger partial charge >= 0.3 is 5.97 Å². The molecule has 0 fully saturated rings. The first-order valence-corrected chi connectivity index (χ1v) is 11.4. The van der Waals surface area contributed by atoms with Crippen LogP contribution in [0.1, 0.15) is 34.5 Å². The Bertz CT molecular complexity index is 1350. The van der Waals surface area contributed by atoms with E-state index in [2.05, 4.69) is 5.32 Å². The van der Waals surface area contributed by atoms with Gasteiger partial charge in [0.1, 0.15) is 11.5 Å². The predicted molar refractivity (Wildman–Crippen MR) is 130 cm³/mol. The van der Waals surface area contributed by atoms with Gasteiger partial charge in [0.25, 0.3) is 5.91 Å². The molecule has 3 aromatic carbocycles. The lowest BCUT2D eigenvalue weighted by Gasteiger charge is -2.20. The topological polar surface area (TPSA) is 77.5 Å². The van der Waals surface area contributed by atoms with Crippen LogP contribution in [0, 0.1) is 0 Å². The minimum atomic E-state index is -0.493. The summed E-state index contributed by atoms with van der Waals surface area (Å²) >= 11 is 0. The molecule has 1 N–H and O–H groups in total. The lowest BCUT2D eigenvalue weighted by atomic mass is 9.90. The lowest BCUT2D eigenvalue weighted by molar-refractivity contribution is -0.119. The molecule has 34 heavy (non-hydrogen) atoms. The molecule has 0 aliphatic heterocycles. The monoisotopic (exact) mass is 452 g/mol. The summed E-state index contributed by atoms with van der Waals surface area (Å²) in [6, 6.07) is 24.0. The molecule has 0 saturated heterocycles. The molecule has 6 nitrogen and oxygen atoms in total. The molecule has 1 aromatic heterocycles. The third kappa shape index (κ3) is 4.76. The van der Waals surface area contributed by atoms with Crippen molar-refractivity contribution >= 4 is 28.5 Å². The number of hydrogen-bond donors (Lipinski definition) is 1. The number of benzene rings is 3. The molecule has 1 aliphatic rings. The molecule has 0 saturated carbocycles. The van der Waals surface area contributed by atoms with E-state index in [0.29, 0.717) is 22.7 Å². The zero-order chi connectivity index (χ0) is 23.3. The fraction of sp³-hybridized carbons (Fsp3) is 0.179. The normalized spacial score (nSPS) is 12.6. The molecule has 0 unspecified atom stereocenters. The van der Waals surface area contributed by atoms with Crippen molar-refractivity contribution in [3.63, 3.8) is 0 Å². The molecule has 1 aliphatic carbocycles. The Balaban J connectivity index is 1.27. The van der Waals surface area contributed by atoms with Gasteiger partial charge in [-0.25, -0.2) is 4.79 Å². The molecule has 0 atom stereocenters. The van der Waals surface area contributed by atoms with Crippen LogP contribution in [0.25, 0.3) is 10.9 Å². The first kappa shape index (κ1) is 21.6. The molecule has 4 aromatic rings. The van der Waals surface area contributed by atoms with E-state index in [1.54, 1.807) is 24.3 Å². The molecule has 0 bridgehead atoms. The number of aryl methyl sites for hydroxylation is 1. The van der Waals surface area contributed by atoms with Gasteiger partial charge in [-0.2, -0.15) is 0 Å². The number of nitrogens with one attached hydrogen (secondary N) is 1. The summed E-state index contributed by atoms with van der Waals surface area (Å²) in [6.07, 6.45) is 3.71. The van der Waals surface area contributed by atoms with Gasteiger partial charge in [-0.3, -0.25) is 9.78 Å². The van der Waals surface area contributed by atoms with Crippen LogP contribution in [0.4, 0.5) is 5.69 Å². The first-order valence-electron chi connectivity index (χ1n) is 11.4. The Hall–Kier alpha value is -4.19. The third-order valence-electron chi connectivity index (χ3n) is 5.80. The van der Waals surface area contributed by atoms with Crippen LogP contribution >= 0.6 is 0 Å². The number of ether oxygens (including phenoxy) is 2. The smallest absolute Gasteiger partial charge is 0.339 e. The van der Waals surface area contributed by atoms with Gasteiger partial charge in [0.05, 0.1) is 11.1 Å². The highest BCUT2D eigenvalue weighted by Crippen LogP contribution is 2.30. The van der Waals surface area contributed by atoms with Crippen LogP contribution in [0.2, 0.25) is 0 Å². The number of fused-ring (bicyclic) bond motifs is 2. The van der Waals surface area contributed by atoms with Crippen LogP contribution in [-0.4, -0.2) is 23.5 Å². The largest absolute Gasteiger partial charge is 0.457 e. The van der Waals surface area contributed by atoms with Gasteiger partial charge in [-0.1, -0.05) is 42.5 Å². The average molecular weight is 453 g/mol. The standard InChI is InChI=1S/C28H24N2O4/c31-26(29-19-9-8-12-21(17-19)34-20-10-2-1-3-11-20)18-33-28(32)27-22-13-4-6-15-24(22)30-25-16-7-5-14-23(25)27/h1-4,6,8-13,15,17H,5,7,14,16,18H2,(H,29,31). The van der Waals surface area contributed by atoms with Crippen LogP contribution in [0.15, 0.2) is 78.9 Å². The molecule has 0 radical (unpaired) electrons. The zero-order valence-corrected chi connectivity index (χ0v) is 18.6. The van der Waals surface area contributed by atoms with Crippen LogP contribution in [-0.2, 0) is 22.4 Å². The fourth-order valence-corrected chi connectivity index (χ4v) is 4.27. The van der Waals surface area contributed by atoms with E-state index in [1.165, 1.54) is 0 Å². The van der Waals surface area contributed by atoms with E-state index in [4.69, 9.17) is 14.5 Å². The number of pyridine rings is 1. The van der Waals surface area contributed by atoms with Crippen molar-refractivity contribution in [2.45, 2.75) is 25.7 Å². The van der Waals surface area contributed by atoms with E-state index in [1.807, 2.05) is 54.6 Å². The summed E-state index contributed by atoms with van der Waals surface area (Å²) in [5.41, 5.74) is 3.76. The number of rotatable bonds is 6. The van der Waals surface area contributed by atoms with Gasteiger partial charge in [0.2, 0.25) is 0 Å². The first-order chi connectivity index (χ1) is 16.7. The quantitative estimate of drug-likeness (QED) is 0.380. The number of nitrogens with zero attached hydrogens (tertiary/aromatic N) is 1. The van der Waals surface area contributed by atoms with Gasteiger partial charge in [-0.05, 0) is 61.6 Å². The SMILES string of the molecule is O=C(COC(=O)c1c2c(nc3ccccc13)CCCC2)Nc1cccc(Oc2ccccc2)c1. The maximum atomic E-state index is 13.1. The highest BCUT2D eigenvalue weighted by atomic mass is 16.5. The Morgan fingerprint density at radius 1 is 0.853 bits per heavy atom. The van der Waals surface area contributed by atoms with Gasteiger partial charge < -0.3 is 14.8 Å². The number of carbonyl (C=O) groups excluding carboxylic acids is 2. The molecule has 170 valence electrons. The molecular weight excluding hydrogens is 428 g/mol. The average Bonchev–Trinajstić information content (AvgIpc) is 2.86. The van der Waals surface area contributed by atoms with Crippen molar-refractivity contribution in [2.24, 2.45) is 0 Å². The number of carbonyl (C=O) groups is 2. The van der Waals surface area contributed by atoms with Gasteiger partial charge in [0, 0.05) is 22.8 Å². The summed E-state index contributed by atoms with van der Waals surface area (Å²) in [7, 11) is 0. The summed E-state index contributed by atoms with van der Waals surface area (Å²) in [5.74, 6) is 0.384. The van der Waals surface area contributed by atoms with Crippen molar-refractivity contribution < 1.29 is 19.1 Å². The van der Waals surface area contributed by atoms with Crippen molar-refractivity contribution in [3.05, 3.63) is 95.7 Å². The van der Waals surface area contributed by atoms with Crippen molar-refractivity contribution in [1.29, 1.82) is 0 Å². The fourth-order valence-electron chi connectivity index (χ4n) is 4.27. The van der Waals surface area contributed by atoms with Crippen molar-refractivity contribution in [3.8, 4) is 11.5 Å². The van der Waals surface area contributed by atoms with E-state index in [9.17, 15) is 9.59 Å². The van der Waals surface area contributed by atoms with E-state index in [-0.39, 0.29) is 6.61 Å². The molecule has 1 amide bonds. The maximum absolute atomic E-state index is 13.1. The number of esters is 1. The number of para-hydroxylation sites is 2. The second-order valence-electron chi connectivity index (χ2n) is 8.20. The summed E-state index contributed by atoms with van der Waals surface area (Å²) < 4.78 is 11.3. The highest BCUT2D eigenvalue weighted by molar-refractivity contribution is 6.06. The Kier molecular flexibility index (Phi) is 6.21. The Morgan fingerprint density at radius 2 is 1.62 bits per heavy atom. The van der Waals surface area contributed by atoms with Gasteiger partial charge in [0.15, 0.2) is 6.61 Å². The van der Waals surface area contributed by atoms with E-state index >= 15 is 0 Å². The van der Waals surface area contributed by atoms with E-state index in [0.717, 1.165) is 47.8 Å². The maximum Gasteiger partial charge on any atom is 0.339 e. The number of hydrogen-bond acceptors (Lipinski definition) is 5. The number of anilines is 1. The van der Waals surface area contributed by atoms with Crippen LogP contribution < -0.4 is 10.1 Å². The lowest BCUT2D eigenvalue weighted by Crippen LogP contribution is -2.22. The van der Waals surface area contributed by atoms with Crippen LogP contribution in [0.5, 0.6) is 11.5 Å². The van der Waals surface area contributed by atoms with Gasteiger partial charge in [-0.15, -0.1) is 0 Å². The minimum absolute atomic E-state index is 0.381. The van der Waals surface area contributed by atoms with E-state index < -0.39 is 11.9 Å². The molecule has 0 spiro atoms. The molecule has 1 heterocycles. The molecule has 5 rings (SSSR count). The molecular formula is C28H24N2O4. The van der Waals surface area contributed by atoms with Crippen LogP contribution in [0.3, 0.4) is 0 Å². The number of aromatic nitrogens is 1. The second kappa shape index (κ2) is 9.75. The number of amides is 1. The second-order valence-corrected chi connectivity index (χ2v) is 8.20. The van der Waals surface area contributed by atoms with Crippen molar-refractivity contribution in [1.82, 2.24) is 4.98 Å². The summed E-state index contributed by atoms with van der Waals surface area (Å²) in [6.45, 7) is -0.381. The Morgan fingerprint density at radius 3 is 2.50 bits per heavy atom. The zero-order valence-electron chi connectivity index (χ0n) is 18.6. The highest BCUT2D eigenvalue weighted by Gasteiger charge is 2.24.